The molecule has 0 saturated heterocycles. The van der Waals surface area contributed by atoms with Crippen molar-refractivity contribution >= 4 is 34.1 Å². The van der Waals surface area contributed by atoms with E-state index in [2.05, 4.69) is 15.6 Å². The van der Waals surface area contributed by atoms with E-state index in [4.69, 9.17) is 0 Å². The highest BCUT2D eigenvalue weighted by atomic mass is 19.1. The number of hydrogen-bond acceptors (Lipinski definition) is 2. The van der Waals surface area contributed by atoms with Gasteiger partial charge in [0.25, 0.3) is 5.91 Å². The second-order valence-electron chi connectivity index (χ2n) is 6.21. The highest BCUT2D eigenvalue weighted by Gasteiger charge is 2.29. The molecule has 3 aromatic rings. The van der Waals surface area contributed by atoms with Gasteiger partial charge in [-0.25, -0.2) is 4.39 Å². The monoisotopic (exact) mass is 337 g/mol. The summed E-state index contributed by atoms with van der Waals surface area (Å²) in [6.07, 6.45) is 1.91. The summed E-state index contributed by atoms with van der Waals surface area (Å²) < 4.78 is 13.2. The van der Waals surface area contributed by atoms with Gasteiger partial charge in [-0.1, -0.05) is 0 Å². The van der Waals surface area contributed by atoms with Crippen molar-refractivity contribution in [3.05, 3.63) is 60.0 Å². The lowest BCUT2D eigenvalue weighted by molar-refractivity contribution is -0.117. The van der Waals surface area contributed by atoms with Gasteiger partial charge in [-0.3, -0.25) is 9.59 Å². The molecular weight excluding hydrogens is 321 g/mol. The van der Waals surface area contributed by atoms with E-state index >= 15 is 0 Å². The van der Waals surface area contributed by atoms with E-state index in [9.17, 15) is 14.0 Å². The lowest BCUT2D eigenvalue weighted by Crippen LogP contribution is -2.14. The topological polar surface area (TPSA) is 74.0 Å². The molecule has 0 aliphatic heterocycles. The van der Waals surface area contributed by atoms with Crippen molar-refractivity contribution in [1.82, 2.24) is 4.98 Å². The number of fused-ring (bicyclic) bond motifs is 1. The minimum Gasteiger partial charge on any atom is -0.351 e. The Morgan fingerprint density at radius 2 is 1.64 bits per heavy atom. The van der Waals surface area contributed by atoms with Gasteiger partial charge in [-0.05, 0) is 61.4 Å². The van der Waals surface area contributed by atoms with E-state index in [1.165, 1.54) is 12.1 Å². The Balaban J connectivity index is 1.44. The van der Waals surface area contributed by atoms with Gasteiger partial charge < -0.3 is 15.6 Å². The normalized spacial score (nSPS) is 13.6. The van der Waals surface area contributed by atoms with Crippen molar-refractivity contribution in [2.45, 2.75) is 12.8 Å². The average Bonchev–Trinajstić information content (AvgIpc) is 3.36. The van der Waals surface area contributed by atoms with Crippen LogP contribution in [0.5, 0.6) is 0 Å². The Hall–Kier alpha value is -3.15. The molecule has 3 N–H and O–H groups in total. The Bertz CT molecular complexity index is 958. The van der Waals surface area contributed by atoms with Crippen molar-refractivity contribution < 1.29 is 14.0 Å². The van der Waals surface area contributed by atoms with Gasteiger partial charge in [-0.2, -0.15) is 0 Å². The summed E-state index contributed by atoms with van der Waals surface area (Å²) in [6, 6.07) is 12.9. The maximum atomic E-state index is 13.2. The first-order valence-corrected chi connectivity index (χ1v) is 8.09. The highest BCUT2D eigenvalue weighted by molar-refractivity contribution is 6.06. The molecule has 0 bridgehead atoms. The van der Waals surface area contributed by atoms with Crippen LogP contribution in [0.4, 0.5) is 15.8 Å². The second-order valence-corrected chi connectivity index (χ2v) is 6.21. The first-order chi connectivity index (χ1) is 12.1. The van der Waals surface area contributed by atoms with Gasteiger partial charge in [-0.15, -0.1) is 0 Å². The van der Waals surface area contributed by atoms with E-state index in [1.54, 1.807) is 36.4 Å². The highest BCUT2D eigenvalue weighted by Crippen LogP contribution is 2.30. The van der Waals surface area contributed by atoms with E-state index in [-0.39, 0.29) is 23.5 Å². The number of nitrogens with one attached hydrogen (secondary N) is 3. The van der Waals surface area contributed by atoms with Gasteiger partial charge in [0, 0.05) is 28.2 Å². The Labute approximate surface area is 143 Å². The summed E-state index contributed by atoms with van der Waals surface area (Å²) in [4.78, 5) is 27.0. The minimum absolute atomic E-state index is 0.0436. The number of aromatic amines is 1. The van der Waals surface area contributed by atoms with Gasteiger partial charge in [0.05, 0.1) is 0 Å². The molecule has 2 amide bonds. The summed E-state index contributed by atoms with van der Waals surface area (Å²) in [5, 5.41) is 6.26. The van der Waals surface area contributed by atoms with Crippen LogP contribution in [0.3, 0.4) is 0 Å². The van der Waals surface area contributed by atoms with Crippen molar-refractivity contribution in [3.63, 3.8) is 0 Å². The van der Waals surface area contributed by atoms with Crippen molar-refractivity contribution in [2.75, 3.05) is 10.6 Å². The van der Waals surface area contributed by atoms with Crippen LogP contribution in [0, 0.1) is 11.7 Å². The van der Waals surface area contributed by atoms with Crippen molar-refractivity contribution in [2.24, 2.45) is 5.92 Å². The number of carbonyl (C=O) groups excluding carboxylic acids is 2. The van der Waals surface area contributed by atoms with Crippen LogP contribution in [0.15, 0.2) is 48.5 Å². The molecule has 0 atom stereocenters. The van der Waals surface area contributed by atoms with Gasteiger partial charge in [0.2, 0.25) is 5.91 Å². The fraction of sp³-hybridized carbons (Fsp3) is 0.158. The predicted molar refractivity (Wildman–Crippen MR) is 94.0 cm³/mol. The fourth-order valence-corrected chi connectivity index (χ4v) is 2.65. The van der Waals surface area contributed by atoms with Crippen LogP contribution in [0.1, 0.15) is 23.3 Å². The lowest BCUT2D eigenvalue weighted by atomic mass is 10.2. The van der Waals surface area contributed by atoms with Gasteiger partial charge in [0.1, 0.15) is 11.5 Å². The molecule has 1 aromatic heterocycles. The molecule has 126 valence electrons. The number of halogens is 1. The number of aromatic nitrogens is 1. The van der Waals surface area contributed by atoms with Crippen molar-refractivity contribution in [1.29, 1.82) is 0 Å². The number of hydrogen-bond donors (Lipinski definition) is 3. The fourth-order valence-electron chi connectivity index (χ4n) is 2.65. The standard InChI is InChI=1S/C19H16FN3O2/c20-13-3-8-16-12(9-13)10-17(23-16)19(25)22-15-6-4-14(5-7-15)21-18(24)11-1-2-11/h3-11,23H,1-2H2,(H,21,24)(H,22,25). The molecule has 0 radical (unpaired) electrons. The molecule has 0 unspecified atom stereocenters. The number of H-pyrrole nitrogens is 1. The summed E-state index contributed by atoms with van der Waals surface area (Å²) in [5.74, 6) is -0.470. The Morgan fingerprint density at radius 3 is 2.32 bits per heavy atom. The van der Waals surface area contributed by atoms with Crippen LogP contribution in [-0.4, -0.2) is 16.8 Å². The Kier molecular flexibility index (Phi) is 3.72. The largest absolute Gasteiger partial charge is 0.351 e. The summed E-state index contributed by atoms with van der Waals surface area (Å²) in [5.41, 5.74) is 2.37. The van der Waals surface area contributed by atoms with Crippen LogP contribution in [0.25, 0.3) is 10.9 Å². The lowest BCUT2D eigenvalue weighted by Gasteiger charge is -2.07. The molecule has 1 saturated carbocycles. The predicted octanol–water partition coefficient (Wildman–Crippen LogP) is 3.91. The SMILES string of the molecule is O=C(Nc1ccc(NC(=O)C2CC2)cc1)c1cc2cc(F)ccc2[nH]1. The van der Waals surface area contributed by atoms with Crippen LogP contribution in [0.2, 0.25) is 0 Å². The van der Waals surface area contributed by atoms with Crippen molar-refractivity contribution in [3.8, 4) is 0 Å². The number of rotatable bonds is 4. The van der Waals surface area contributed by atoms with E-state index < -0.39 is 0 Å². The van der Waals surface area contributed by atoms with E-state index in [0.717, 1.165) is 12.8 Å². The second kappa shape index (κ2) is 6.05. The number of benzene rings is 2. The number of amides is 2. The molecule has 25 heavy (non-hydrogen) atoms. The van der Waals surface area contributed by atoms with Gasteiger partial charge in [0.15, 0.2) is 0 Å². The van der Waals surface area contributed by atoms with E-state index in [0.29, 0.717) is 28.0 Å². The first kappa shape index (κ1) is 15.4. The molecule has 1 fully saturated rings. The minimum atomic E-state index is -0.345. The summed E-state index contributed by atoms with van der Waals surface area (Å²) >= 11 is 0. The Morgan fingerprint density at radius 1 is 0.960 bits per heavy atom. The molecule has 1 heterocycles. The molecule has 4 rings (SSSR count). The third kappa shape index (κ3) is 3.38. The molecule has 0 spiro atoms. The van der Waals surface area contributed by atoms with Gasteiger partial charge >= 0.3 is 0 Å². The third-order valence-electron chi connectivity index (χ3n) is 4.19. The molecule has 2 aromatic carbocycles. The average molecular weight is 337 g/mol. The number of carbonyl (C=O) groups is 2. The number of anilines is 2. The summed E-state index contributed by atoms with van der Waals surface area (Å²) in [7, 11) is 0. The quantitative estimate of drug-likeness (QED) is 0.675. The zero-order valence-electron chi connectivity index (χ0n) is 13.3. The summed E-state index contributed by atoms with van der Waals surface area (Å²) in [6.45, 7) is 0. The molecular formula is C19H16FN3O2. The van der Waals surface area contributed by atoms with Crippen LogP contribution >= 0.6 is 0 Å². The van der Waals surface area contributed by atoms with Crippen LogP contribution < -0.4 is 10.6 Å². The molecule has 1 aliphatic carbocycles. The zero-order chi connectivity index (χ0) is 17.4. The van der Waals surface area contributed by atoms with E-state index in [1.807, 2.05) is 0 Å². The maximum Gasteiger partial charge on any atom is 0.272 e. The smallest absolute Gasteiger partial charge is 0.272 e. The first-order valence-electron chi connectivity index (χ1n) is 8.09. The third-order valence-corrected chi connectivity index (χ3v) is 4.19. The molecule has 1 aliphatic rings. The molecule has 5 nitrogen and oxygen atoms in total. The zero-order valence-corrected chi connectivity index (χ0v) is 13.3. The molecule has 6 heteroatoms. The maximum absolute atomic E-state index is 13.2. The van der Waals surface area contributed by atoms with Crippen LogP contribution in [-0.2, 0) is 4.79 Å².